The Bertz CT molecular complexity index is 351. The number of benzene rings is 1. The zero-order chi connectivity index (χ0) is 11.1. The minimum atomic E-state index is -0.707. The van der Waals surface area contributed by atoms with Gasteiger partial charge in [0.1, 0.15) is 11.6 Å². The highest BCUT2D eigenvalue weighted by atomic mass is 19.1. The third kappa shape index (κ3) is 2.16. The summed E-state index contributed by atoms with van der Waals surface area (Å²) in [6.07, 6.45) is 0. The molecular formula is C11H13F2NO. The molecule has 0 spiro atoms. The molecule has 0 saturated carbocycles. The summed E-state index contributed by atoms with van der Waals surface area (Å²) < 4.78 is 26.5. The zero-order valence-corrected chi connectivity index (χ0v) is 8.50. The van der Waals surface area contributed by atoms with Crippen LogP contribution in [0.25, 0.3) is 0 Å². The Morgan fingerprint density at radius 3 is 2.33 bits per heavy atom. The summed E-state index contributed by atoms with van der Waals surface area (Å²) >= 11 is 0. The first-order valence-corrected chi connectivity index (χ1v) is 4.85. The van der Waals surface area contributed by atoms with Crippen LogP contribution in [0.5, 0.6) is 0 Å². The van der Waals surface area contributed by atoms with Gasteiger partial charge in [-0.2, -0.15) is 0 Å². The number of β-amino-alcohol motifs (C(OH)–C–C–N with tert-alkyl or cyclic N) is 1. The van der Waals surface area contributed by atoms with Crippen LogP contribution in [0, 0.1) is 11.6 Å². The number of aliphatic hydroxyl groups is 1. The van der Waals surface area contributed by atoms with Crippen LogP contribution in [-0.4, -0.2) is 28.7 Å². The Balaban J connectivity index is 2.06. The molecule has 0 unspecified atom stereocenters. The predicted octanol–water partition coefficient (Wildman–Crippen LogP) is 1.53. The summed E-state index contributed by atoms with van der Waals surface area (Å²) in [7, 11) is 0. The predicted molar refractivity (Wildman–Crippen MR) is 52.3 cm³/mol. The van der Waals surface area contributed by atoms with Crippen molar-refractivity contribution in [1.29, 1.82) is 0 Å². The molecule has 1 N–H and O–H groups in total. The Kier molecular flexibility index (Phi) is 2.48. The molecule has 1 aromatic rings. The molecule has 2 nitrogen and oxygen atoms in total. The Labute approximate surface area is 87.1 Å². The lowest BCUT2D eigenvalue weighted by atomic mass is 9.96. The number of halogens is 2. The summed E-state index contributed by atoms with van der Waals surface area (Å²) in [6.45, 7) is 2.84. The average Bonchev–Trinajstić information content (AvgIpc) is 2.08. The quantitative estimate of drug-likeness (QED) is 0.805. The van der Waals surface area contributed by atoms with Crippen molar-refractivity contribution < 1.29 is 13.9 Å². The van der Waals surface area contributed by atoms with Gasteiger partial charge >= 0.3 is 0 Å². The molecule has 1 saturated heterocycles. The Morgan fingerprint density at radius 1 is 1.33 bits per heavy atom. The maximum absolute atomic E-state index is 13.2. The van der Waals surface area contributed by atoms with E-state index in [1.54, 1.807) is 6.92 Å². The molecule has 15 heavy (non-hydrogen) atoms. The van der Waals surface area contributed by atoms with Crippen LogP contribution in [0.4, 0.5) is 8.78 Å². The monoisotopic (exact) mass is 213 g/mol. The van der Waals surface area contributed by atoms with Crippen LogP contribution >= 0.6 is 0 Å². The first kappa shape index (κ1) is 10.5. The van der Waals surface area contributed by atoms with E-state index in [-0.39, 0.29) is 12.1 Å². The highest BCUT2D eigenvalue weighted by Crippen LogP contribution is 2.24. The lowest BCUT2D eigenvalue weighted by molar-refractivity contribution is -0.0878. The van der Waals surface area contributed by atoms with Crippen molar-refractivity contribution in [3.8, 4) is 0 Å². The maximum Gasteiger partial charge on any atom is 0.130 e. The van der Waals surface area contributed by atoms with E-state index in [0.717, 1.165) is 0 Å². The van der Waals surface area contributed by atoms with Crippen molar-refractivity contribution in [3.63, 3.8) is 0 Å². The molecule has 0 aliphatic carbocycles. The molecule has 1 fully saturated rings. The largest absolute Gasteiger partial charge is 0.388 e. The minimum Gasteiger partial charge on any atom is -0.388 e. The van der Waals surface area contributed by atoms with Crippen LogP contribution in [0.15, 0.2) is 18.2 Å². The van der Waals surface area contributed by atoms with Crippen molar-refractivity contribution in [1.82, 2.24) is 4.90 Å². The molecule has 1 aromatic carbocycles. The van der Waals surface area contributed by atoms with Gasteiger partial charge in [-0.1, -0.05) is 6.07 Å². The average molecular weight is 213 g/mol. The fraction of sp³-hybridized carbons (Fsp3) is 0.455. The molecule has 2 rings (SSSR count). The molecule has 0 amide bonds. The Hall–Kier alpha value is -1.00. The van der Waals surface area contributed by atoms with E-state index in [4.69, 9.17) is 0 Å². The fourth-order valence-corrected chi connectivity index (χ4v) is 1.94. The van der Waals surface area contributed by atoms with Crippen molar-refractivity contribution >= 4 is 0 Å². The maximum atomic E-state index is 13.2. The molecular weight excluding hydrogens is 200 g/mol. The van der Waals surface area contributed by atoms with E-state index >= 15 is 0 Å². The second-order valence-electron chi connectivity index (χ2n) is 4.34. The molecule has 1 aliphatic rings. The van der Waals surface area contributed by atoms with Crippen LogP contribution in [-0.2, 0) is 6.54 Å². The molecule has 0 bridgehead atoms. The highest BCUT2D eigenvalue weighted by molar-refractivity contribution is 5.20. The smallest absolute Gasteiger partial charge is 0.130 e. The van der Waals surface area contributed by atoms with Crippen molar-refractivity contribution in [2.45, 2.75) is 19.1 Å². The van der Waals surface area contributed by atoms with E-state index in [0.29, 0.717) is 13.1 Å². The first-order valence-electron chi connectivity index (χ1n) is 4.85. The molecule has 1 aliphatic heterocycles. The molecule has 0 radical (unpaired) electrons. The third-order valence-electron chi connectivity index (χ3n) is 2.57. The summed E-state index contributed by atoms with van der Waals surface area (Å²) in [5.41, 5.74) is -0.630. The molecule has 1 heterocycles. The van der Waals surface area contributed by atoms with E-state index < -0.39 is 17.2 Å². The van der Waals surface area contributed by atoms with Crippen LogP contribution in [0.3, 0.4) is 0 Å². The van der Waals surface area contributed by atoms with Gasteiger partial charge in [-0.25, -0.2) is 8.78 Å². The van der Waals surface area contributed by atoms with Gasteiger partial charge in [-0.15, -0.1) is 0 Å². The number of nitrogens with zero attached hydrogens (tertiary/aromatic N) is 1. The molecule has 0 aromatic heterocycles. The van der Waals surface area contributed by atoms with E-state index in [9.17, 15) is 13.9 Å². The van der Waals surface area contributed by atoms with Gasteiger partial charge in [-0.05, 0) is 19.1 Å². The van der Waals surface area contributed by atoms with Gasteiger partial charge in [0.05, 0.1) is 5.60 Å². The van der Waals surface area contributed by atoms with Gasteiger partial charge in [0.2, 0.25) is 0 Å². The summed E-state index contributed by atoms with van der Waals surface area (Å²) in [5, 5.41) is 9.47. The van der Waals surface area contributed by atoms with Crippen LogP contribution < -0.4 is 0 Å². The second kappa shape index (κ2) is 3.54. The van der Waals surface area contributed by atoms with E-state index in [2.05, 4.69) is 0 Å². The first-order chi connectivity index (χ1) is 6.98. The van der Waals surface area contributed by atoms with E-state index in [1.807, 2.05) is 4.90 Å². The second-order valence-corrected chi connectivity index (χ2v) is 4.34. The number of hydrogen-bond acceptors (Lipinski definition) is 2. The SMILES string of the molecule is CC1(O)CN(Cc2c(F)cccc2F)C1. The van der Waals surface area contributed by atoms with Crippen molar-refractivity contribution in [3.05, 3.63) is 35.4 Å². The standard InChI is InChI=1S/C11H13F2NO/c1-11(15)6-14(7-11)5-8-9(12)3-2-4-10(8)13/h2-4,15H,5-7H2,1H3. The van der Waals surface area contributed by atoms with Crippen LogP contribution in [0.1, 0.15) is 12.5 Å². The van der Waals surface area contributed by atoms with Gasteiger partial charge in [-0.3, -0.25) is 4.90 Å². The summed E-state index contributed by atoms with van der Waals surface area (Å²) in [5.74, 6) is -1.05. The number of likely N-dealkylation sites (tertiary alicyclic amines) is 1. The molecule has 82 valence electrons. The van der Waals surface area contributed by atoms with Gasteiger partial charge in [0, 0.05) is 25.2 Å². The fourth-order valence-electron chi connectivity index (χ4n) is 1.94. The topological polar surface area (TPSA) is 23.5 Å². The zero-order valence-electron chi connectivity index (χ0n) is 8.50. The molecule has 4 heteroatoms. The van der Waals surface area contributed by atoms with Crippen molar-refractivity contribution in [2.75, 3.05) is 13.1 Å². The highest BCUT2D eigenvalue weighted by Gasteiger charge is 2.36. The van der Waals surface area contributed by atoms with Crippen molar-refractivity contribution in [2.24, 2.45) is 0 Å². The lowest BCUT2D eigenvalue weighted by Gasteiger charge is -2.44. The Morgan fingerprint density at radius 2 is 1.87 bits per heavy atom. The van der Waals surface area contributed by atoms with Crippen LogP contribution in [0.2, 0.25) is 0 Å². The van der Waals surface area contributed by atoms with Gasteiger partial charge < -0.3 is 5.11 Å². The van der Waals surface area contributed by atoms with Gasteiger partial charge in [0.15, 0.2) is 0 Å². The minimum absolute atomic E-state index is 0.0769. The third-order valence-corrected chi connectivity index (χ3v) is 2.57. The normalized spacial score (nSPS) is 20.0. The summed E-state index contributed by atoms with van der Waals surface area (Å²) in [6, 6.07) is 3.84. The molecule has 0 atom stereocenters. The van der Waals surface area contributed by atoms with E-state index in [1.165, 1.54) is 18.2 Å². The lowest BCUT2D eigenvalue weighted by Crippen LogP contribution is -2.59. The number of hydrogen-bond donors (Lipinski definition) is 1. The van der Waals surface area contributed by atoms with Gasteiger partial charge in [0.25, 0.3) is 0 Å². The number of rotatable bonds is 2. The summed E-state index contributed by atoms with van der Waals surface area (Å²) in [4.78, 5) is 1.81.